The number of hydrogen-bond donors (Lipinski definition) is 3. The Bertz CT molecular complexity index is 726. The molecule has 3 heteroatoms. The average Bonchev–Trinajstić information content (AvgIpc) is 2.97. The van der Waals surface area contributed by atoms with E-state index in [9.17, 15) is 15.3 Å². The second-order valence-electron chi connectivity index (χ2n) is 12.5. The normalized spacial score (nSPS) is 47.9. The third-order valence-electron chi connectivity index (χ3n) is 10.6. The molecule has 0 spiro atoms. The van der Waals surface area contributed by atoms with E-state index in [2.05, 4.69) is 47.3 Å². The molecular formula is C28H46O3. The summed E-state index contributed by atoms with van der Waals surface area (Å²) in [5.41, 5.74) is 2.81. The maximum atomic E-state index is 11.3. The van der Waals surface area contributed by atoms with Gasteiger partial charge in [0, 0.05) is 0 Å². The van der Waals surface area contributed by atoms with E-state index in [1.807, 2.05) is 0 Å². The third-order valence-corrected chi connectivity index (χ3v) is 10.6. The van der Waals surface area contributed by atoms with E-state index < -0.39 is 6.10 Å². The Morgan fingerprint density at radius 2 is 1.81 bits per heavy atom. The average molecular weight is 431 g/mol. The van der Waals surface area contributed by atoms with Crippen molar-refractivity contribution in [2.45, 2.75) is 104 Å². The highest BCUT2D eigenvalue weighted by atomic mass is 16.3. The first kappa shape index (κ1) is 23.5. The second-order valence-corrected chi connectivity index (χ2v) is 12.5. The molecule has 0 aromatic carbocycles. The summed E-state index contributed by atoms with van der Waals surface area (Å²) in [5.74, 6) is 2.36. The predicted molar refractivity (Wildman–Crippen MR) is 126 cm³/mol. The number of hydrogen-bond acceptors (Lipinski definition) is 3. The SMILES string of the molecule is C=C(CC[C@H](C)[C@@H]1[C@H](O)C[C@@H]2[C@@H]3[C@@H](CC[C@@]12C)[C@]1(C)CC[C@@H](O)CC1=C[C@@H]3O)C(C)C. The van der Waals surface area contributed by atoms with Crippen molar-refractivity contribution in [2.24, 2.45) is 46.3 Å². The molecule has 176 valence electrons. The number of aliphatic hydroxyl groups is 3. The van der Waals surface area contributed by atoms with Crippen LogP contribution in [0.2, 0.25) is 0 Å². The van der Waals surface area contributed by atoms with Crippen LogP contribution >= 0.6 is 0 Å². The highest BCUT2D eigenvalue weighted by Crippen LogP contribution is 2.67. The zero-order chi connectivity index (χ0) is 22.7. The Hall–Kier alpha value is -0.640. The van der Waals surface area contributed by atoms with Gasteiger partial charge in [0.05, 0.1) is 18.3 Å². The number of fused-ring (bicyclic) bond motifs is 5. The number of allylic oxidation sites excluding steroid dienone is 1. The summed E-state index contributed by atoms with van der Waals surface area (Å²) < 4.78 is 0. The first-order chi connectivity index (χ1) is 14.5. The molecule has 4 aliphatic carbocycles. The minimum atomic E-state index is -0.440. The van der Waals surface area contributed by atoms with Crippen LogP contribution in [0.15, 0.2) is 23.8 Å². The van der Waals surface area contributed by atoms with Gasteiger partial charge < -0.3 is 15.3 Å². The van der Waals surface area contributed by atoms with Crippen molar-refractivity contribution >= 4 is 0 Å². The van der Waals surface area contributed by atoms with Crippen LogP contribution in [0.5, 0.6) is 0 Å². The van der Waals surface area contributed by atoms with Gasteiger partial charge in [-0.25, -0.2) is 0 Å². The summed E-state index contributed by atoms with van der Waals surface area (Å²) in [6.45, 7) is 15.8. The molecule has 0 bridgehead atoms. The van der Waals surface area contributed by atoms with Crippen molar-refractivity contribution < 1.29 is 15.3 Å². The van der Waals surface area contributed by atoms with Gasteiger partial charge in [-0.15, -0.1) is 0 Å². The fourth-order valence-electron chi connectivity index (χ4n) is 8.60. The van der Waals surface area contributed by atoms with Crippen LogP contribution in [0.25, 0.3) is 0 Å². The molecule has 4 aliphatic rings. The van der Waals surface area contributed by atoms with Crippen molar-refractivity contribution in [3.8, 4) is 0 Å². The van der Waals surface area contributed by atoms with E-state index in [0.717, 1.165) is 51.4 Å². The molecule has 3 nitrogen and oxygen atoms in total. The molecule has 3 N–H and O–H groups in total. The van der Waals surface area contributed by atoms with E-state index in [4.69, 9.17) is 0 Å². The zero-order valence-corrected chi connectivity index (χ0v) is 20.5. The third kappa shape index (κ3) is 3.77. The fraction of sp³-hybridized carbons (Fsp3) is 0.857. The van der Waals surface area contributed by atoms with Crippen LogP contribution in [-0.2, 0) is 0 Å². The van der Waals surface area contributed by atoms with Crippen LogP contribution in [0, 0.1) is 46.3 Å². The van der Waals surface area contributed by atoms with Gasteiger partial charge in [-0.2, -0.15) is 0 Å². The molecule has 3 saturated carbocycles. The molecule has 4 rings (SSSR count). The fourth-order valence-corrected chi connectivity index (χ4v) is 8.60. The van der Waals surface area contributed by atoms with Gasteiger partial charge in [-0.1, -0.05) is 58.4 Å². The highest BCUT2D eigenvalue weighted by Gasteiger charge is 2.63. The summed E-state index contributed by atoms with van der Waals surface area (Å²) in [6, 6.07) is 0. The van der Waals surface area contributed by atoms with Gasteiger partial charge in [-0.05, 0) is 97.7 Å². The lowest BCUT2D eigenvalue weighted by Crippen LogP contribution is -2.55. The van der Waals surface area contributed by atoms with Crippen molar-refractivity contribution in [3.63, 3.8) is 0 Å². The molecule has 0 aromatic rings. The molecule has 0 aromatic heterocycles. The summed E-state index contributed by atoms with van der Waals surface area (Å²) >= 11 is 0. The van der Waals surface area contributed by atoms with E-state index in [1.165, 1.54) is 11.1 Å². The minimum Gasteiger partial charge on any atom is -0.393 e. The maximum Gasteiger partial charge on any atom is 0.0757 e. The Morgan fingerprint density at radius 3 is 2.48 bits per heavy atom. The number of aliphatic hydroxyl groups excluding tert-OH is 3. The maximum absolute atomic E-state index is 11.3. The van der Waals surface area contributed by atoms with Crippen molar-refractivity contribution in [3.05, 3.63) is 23.8 Å². The largest absolute Gasteiger partial charge is 0.393 e. The monoisotopic (exact) mass is 430 g/mol. The topological polar surface area (TPSA) is 60.7 Å². The van der Waals surface area contributed by atoms with E-state index in [0.29, 0.717) is 29.6 Å². The number of rotatable bonds is 5. The van der Waals surface area contributed by atoms with Crippen LogP contribution in [0.1, 0.15) is 86.0 Å². The van der Waals surface area contributed by atoms with Crippen LogP contribution in [-0.4, -0.2) is 33.6 Å². The summed E-state index contributed by atoms with van der Waals surface area (Å²) in [5, 5.41) is 32.8. The van der Waals surface area contributed by atoms with Crippen molar-refractivity contribution in [1.29, 1.82) is 0 Å². The Balaban J connectivity index is 1.58. The zero-order valence-electron chi connectivity index (χ0n) is 20.5. The lowest BCUT2D eigenvalue weighted by Gasteiger charge is -2.59. The Labute approximate surface area is 190 Å². The lowest BCUT2D eigenvalue weighted by atomic mass is 9.46. The van der Waals surface area contributed by atoms with Gasteiger partial charge in [0.25, 0.3) is 0 Å². The van der Waals surface area contributed by atoms with Crippen LogP contribution in [0.3, 0.4) is 0 Å². The Kier molecular flexibility index (Phi) is 6.29. The molecule has 0 radical (unpaired) electrons. The van der Waals surface area contributed by atoms with Gasteiger partial charge in [0.2, 0.25) is 0 Å². The summed E-state index contributed by atoms with van der Waals surface area (Å²) in [4.78, 5) is 0. The van der Waals surface area contributed by atoms with Gasteiger partial charge in [0.15, 0.2) is 0 Å². The highest BCUT2D eigenvalue weighted by molar-refractivity contribution is 5.28. The van der Waals surface area contributed by atoms with Crippen LogP contribution in [0.4, 0.5) is 0 Å². The molecule has 0 heterocycles. The second kappa shape index (κ2) is 8.29. The van der Waals surface area contributed by atoms with E-state index >= 15 is 0 Å². The molecule has 3 fully saturated rings. The summed E-state index contributed by atoms with van der Waals surface area (Å²) in [6.07, 6.45) is 9.01. The smallest absolute Gasteiger partial charge is 0.0757 e. The molecule has 0 aliphatic heterocycles. The molecule has 31 heavy (non-hydrogen) atoms. The van der Waals surface area contributed by atoms with E-state index in [-0.39, 0.29) is 29.0 Å². The van der Waals surface area contributed by atoms with Gasteiger partial charge in [0.1, 0.15) is 0 Å². The van der Waals surface area contributed by atoms with E-state index in [1.54, 1.807) is 0 Å². The summed E-state index contributed by atoms with van der Waals surface area (Å²) in [7, 11) is 0. The van der Waals surface area contributed by atoms with Gasteiger partial charge in [-0.3, -0.25) is 0 Å². The molecule has 0 unspecified atom stereocenters. The van der Waals surface area contributed by atoms with Gasteiger partial charge >= 0.3 is 0 Å². The first-order valence-corrected chi connectivity index (χ1v) is 12.9. The standard InChI is InChI=1S/C28H46O3/c1-16(2)17(3)7-8-18(4)26-24(31)15-22-25-21(10-12-28(22,26)6)27(5)11-9-20(29)13-19(27)14-23(25)30/h14,16,18,20-26,29-31H,3,7-13,15H2,1-2,4-6H3/t18-,20+,21+,22+,23-,24+,25-,26+,27+,28+/m0/s1. The Morgan fingerprint density at radius 1 is 1.10 bits per heavy atom. The molecule has 0 amide bonds. The predicted octanol–water partition coefficient (Wildman–Crippen LogP) is 5.50. The van der Waals surface area contributed by atoms with Crippen molar-refractivity contribution in [1.82, 2.24) is 0 Å². The quantitative estimate of drug-likeness (QED) is 0.505. The molecule has 0 saturated heterocycles. The lowest BCUT2D eigenvalue weighted by molar-refractivity contribution is -0.0987. The van der Waals surface area contributed by atoms with Crippen LogP contribution < -0.4 is 0 Å². The van der Waals surface area contributed by atoms with Crippen molar-refractivity contribution in [2.75, 3.05) is 0 Å². The molecule has 10 atom stereocenters. The molecular weight excluding hydrogens is 384 g/mol. The minimum absolute atomic E-state index is 0.0933. The first-order valence-electron chi connectivity index (χ1n) is 12.9.